The van der Waals surface area contributed by atoms with Crippen molar-refractivity contribution in [2.24, 2.45) is 0 Å². The van der Waals surface area contributed by atoms with Gasteiger partial charge in [-0.1, -0.05) is 18.2 Å². The molecule has 88 valence electrons. The molecule has 1 aromatic rings. The Labute approximate surface area is 104 Å². The fourth-order valence-corrected chi connectivity index (χ4v) is 2.75. The average Bonchev–Trinajstić information content (AvgIpc) is 2.37. The van der Waals surface area contributed by atoms with Crippen molar-refractivity contribution in [3.05, 3.63) is 35.4 Å². The molecule has 1 aliphatic heterocycles. The standard InChI is InChI=1S/C13H12O3S/c1-2-16-13(15)12-10(8-14)7-9-5-3-4-6-11(9)17-12/h3-8,12H,2H2,1H3. The van der Waals surface area contributed by atoms with E-state index in [1.54, 1.807) is 13.0 Å². The van der Waals surface area contributed by atoms with Gasteiger partial charge >= 0.3 is 5.97 Å². The first-order chi connectivity index (χ1) is 8.26. The smallest absolute Gasteiger partial charge is 0.324 e. The van der Waals surface area contributed by atoms with Gasteiger partial charge in [0.2, 0.25) is 0 Å². The molecule has 0 saturated carbocycles. The number of rotatable bonds is 3. The van der Waals surface area contributed by atoms with Gasteiger partial charge in [0.05, 0.1) is 6.61 Å². The van der Waals surface area contributed by atoms with Gasteiger partial charge in [0, 0.05) is 10.5 Å². The highest BCUT2D eigenvalue weighted by molar-refractivity contribution is 8.01. The van der Waals surface area contributed by atoms with E-state index in [9.17, 15) is 9.59 Å². The lowest BCUT2D eigenvalue weighted by Gasteiger charge is -2.20. The number of esters is 1. The third-order valence-corrected chi connectivity index (χ3v) is 3.75. The highest BCUT2D eigenvalue weighted by Gasteiger charge is 2.29. The zero-order valence-electron chi connectivity index (χ0n) is 9.38. The van der Waals surface area contributed by atoms with E-state index in [2.05, 4.69) is 0 Å². The number of benzene rings is 1. The largest absolute Gasteiger partial charge is 0.465 e. The van der Waals surface area contributed by atoms with Gasteiger partial charge in [0.1, 0.15) is 11.5 Å². The van der Waals surface area contributed by atoms with E-state index in [0.29, 0.717) is 12.2 Å². The lowest BCUT2D eigenvalue weighted by atomic mass is 10.1. The van der Waals surface area contributed by atoms with Crippen LogP contribution in [0.3, 0.4) is 0 Å². The molecule has 0 saturated heterocycles. The van der Waals surface area contributed by atoms with Crippen molar-refractivity contribution in [3.8, 4) is 0 Å². The van der Waals surface area contributed by atoms with E-state index >= 15 is 0 Å². The van der Waals surface area contributed by atoms with Crippen LogP contribution in [-0.4, -0.2) is 24.1 Å². The minimum absolute atomic E-state index is 0.323. The highest BCUT2D eigenvalue weighted by atomic mass is 32.2. The minimum Gasteiger partial charge on any atom is -0.465 e. The lowest BCUT2D eigenvalue weighted by molar-refractivity contribution is -0.142. The molecule has 0 amide bonds. The molecule has 3 nitrogen and oxygen atoms in total. The predicted molar refractivity (Wildman–Crippen MR) is 66.8 cm³/mol. The summed E-state index contributed by atoms with van der Waals surface area (Å²) >= 11 is 1.36. The summed E-state index contributed by atoms with van der Waals surface area (Å²) in [4.78, 5) is 23.7. The summed E-state index contributed by atoms with van der Waals surface area (Å²) in [5.41, 5.74) is 1.44. The van der Waals surface area contributed by atoms with Gasteiger partial charge in [-0.15, -0.1) is 11.8 Å². The van der Waals surface area contributed by atoms with E-state index in [1.807, 2.05) is 24.3 Å². The van der Waals surface area contributed by atoms with Crippen LogP contribution in [0.2, 0.25) is 0 Å². The highest BCUT2D eigenvalue weighted by Crippen LogP contribution is 2.37. The maximum absolute atomic E-state index is 11.7. The maximum atomic E-state index is 11.7. The van der Waals surface area contributed by atoms with Crippen molar-refractivity contribution in [3.63, 3.8) is 0 Å². The molecule has 1 aromatic carbocycles. The van der Waals surface area contributed by atoms with Crippen LogP contribution in [0.15, 0.2) is 34.7 Å². The molecule has 1 heterocycles. The van der Waals surface area contributed by atoms with Gasteiger partial charge in [-0.2, -0.15) is 0 Å². The van der Waals surface area contributed by atoms with E-state index in [1.165, 1.54) is 11.8 Å². The molecule has 1 atom stereocenters. The van der Waals surface area contributed by atoms with E-state index in [4.69, 9.17) is 4.74 Å². The van der Waals surface area contributed by atoms with Crippen LogP contribution >= 0.6 is 11.8 Å². The third-order valence-electron chi connectivity index (χ3n) is 2.43. The van der Waals surface area contributed by atoms with E-state index < -0.39 is 5.25 Å². The Hall–Kier alpha value is -1.55. The van der Waals surface area contributed by atoms with E-state index in [-0.39, 0.29) is 5.97 Å². The molecule has 4 heteroatoms. The van der Waals surface area contributed by atoms with Crippen LogP contribution < -0.4 is 0 Å². The number of aldehydes is 1. The van der Waals surface area contributed by atoms with Crippen molar-refractivity contribution in [2.45, 2.75) is 17.1 Å². The van der Waals surface area contributed by atoms with Gasteiger partial charge in [0.25, 0.3) is 0 Å². The molecule has 0 aromatic heterocycles. The van der Waals surface area contributed by atoms with Crippen LogP contribution in [0.1, 0.15) is 12.5 Å². The molecule has 0 bridgehead atoms. The zero-order valence-corrected chi connectivity index (χ0v) is 10.2. The van der Waals surface area contributed by atoms with Gasteiger partial charge < -0.3 is 4.74 Å². The monoisotopic (exact) mass is 248 g/mol. The van der Waals surface area contributed by atoms with Gasteiger partial charge in [0.15, 0.2) is 0 Å². The average molecular weight is 248 g/mol. The number of carbonyl (C=O) groups excluding carboxylic acids is 2. The molecular formula is C13H12O3S. The summed E-state index contributed by atoms with van der Waals surface area (Å²) in [7, 11) is 0. The van der Waals surface area contributed by atoms with Gasteiger partial charge in [-0.3, -0.25) is 9.59 Å². The molecule has 0 aliphatic carbocycles. The summed E-state index contributed by atoms with van der Waals surface area (Å²) in [5, 5.41) is -0.539. The maximum Gasteiger partial charge on any atom is 0.324 e. The second kappa shape index (κ2) is 5.19. The van der Waals surface area contributed by atoms with Crippen LogP contribution in [-0.2, 0) is 14.3 Å². The summed E-state index contributed by atoms with van der Waals surface area (Å²) in [6, 6.07) is 7.67. The van der Waals surface area contributed by atoms with Crippen LogP contribution in [0.4, 0.5) is 0 Å². The number of thioether (sulfide) groups is 1. The molecule has 1 unspecified atom stereocenters. The Bertz CT molecular complexity index is 479. The van der Waals surface area contributed by atoms with Crippen LogP contribution in [0.5, 0.6) is 0 Å². The third kappa shape index (κ3) is 2.42. The SMILES string of the molecule is CCOC(=O)C1Sc2ccccc2C=C1C=O. The van der Waals surface area contributed by atoms with Crippen molar-refractivity contribution < 1.29 is 14.3 Å². The summed E-state index contributed by atoms with van der Waals surface area (Å²) in [6.07, 6.45) is 2.48. The van der Waals surface area contributed by atoms with Crippen molar-refractivity contribution in [1.82, 2.24) is 0 Å². The molecule has 0 N–H and O–H groups in total. The number of carbonyl (C=O) groups is 2. The van der Waals surface area contributed by atoms with Crippen molar-refractivity contribution >= 4 is 30.1 Å². The lowest BCUT2D eigenvalue weighted by Crippen LogP contribution is -2.24. The van der Waals surface area contributed by atoms with Gasteiger partial charge in [-0.25, -0.2) is 0 Å². The molecule has 2 rings (SSSR count). The summed E-state index contributed by atoms with van der Waals surface area (Å²) in [5.74, 6) is -0.356. The molecule has 17 heavy (non-hydrogen) atoms. The van der Waals surface area contributed by atoms with Crippen LogP contribution in [0.25, 0.3) is 6.08 Å². The molecule has 0 spiro atoms. The quantitative estimate of drug-likeness (QED) is 0.608. The Kier molecular flexibility index (Phi) is 3.64. The second-order valence-electron chi connectivity index (χ2n) is 3.55. The first-order valence-corrected chi connectivity index (χ1v) is 6.23. The fraction of sp³-hybridized carbons (Fsp3) is 0.231. The number of ether oxygens (including phenoxy) is 1. The molecule has 0 fully saturated rings. The van der Waals surface area contributed by atoms with Crippen molar-refractivity contribution in [1.29, 1.82) is 0 Å². The number of fused-ring (bicyclic) bond motifs is 1. The minimum atomic E-state index is -0.539. The topological polar surface area (TPSA) is 43.4 Å². The summed E-state index contributed by atoms with van der Waals surface area (Å²) in [6.45, 7) is 2.08. The first-order valence-electron chi connectivity index (χ1n) is 5.35. The Balaban J connectivity index is 2.34. The fourth-order valence-electron chi connectivity index (χ4n) is 1.66. The first kappa shape index (κ1) is 11.9. The Morgan fingerprint density at radius 2 is 2.24 bits per heavy atom. The Morgan fingerprint density at radius 1 is 1.47 bits per heavy atom. The molecular weight excluding hydrogens is 236 g/mol. The molecule has 0 radical (unpaired) electrons. The molecule has 1 aliphatic rings. The second-order valence-corrected chi connectivity index (χ2v) is 4.70. The number of hydrogen-bond acceptors (Lipinski definition) is 4. The van der Waals surface area contributed by atoms with E-state index in [0.717, 1.165) is 16.7 Å². The van der Waals surface area contributed by atoms with Gasteiger partial charge in [-0.05, 0) is 24.6 Å². The van der Waals surface area contributed by atoms with Crippen molar-refractivity contribution in [2.75, 3.05) is 6.61 Å². The normalized spacial score (nSPS) is 17.9. The van der Waals surface area contributed by atoms with Crippen LogP contribution in [0, 0.1) is 0 Å². The summed E-state index contributed by atoms with van der Waals surface area (Å²) < 4.78 is 4.97. The Morgan fingerprint density at radius 3 is 2.94 bits per heavy atom. The number of hydrogen-bond donors (Lipinski definition) is 0. The predicted octanol–water partition coefficient (Wildman–Crippen LogP) is 2.31. The zero-order chi connectivity index (χ0) is 12.3.